The molecule has 3 heterocycles. The Labute approximate surface area is 149 Å². The number of carboxylic acid groups (broad SMARTS) is 1. The van der Waals surface area contributed by atoms with Crippen LogP contribution >= 0.6 is 15.9 Å². The van der Waals surface area contributed by atoms with Crippen LogP contribution in [0.5, 0.6) is 0 Å². The lowest BCUT2D eigenvalue weighted by Gasteiger charge is -2.39. The second-order valence-electron chi connectivity index (χ2n) is 6.86. The second-order valence-corrected chi connectivity index (χ2v) is 7.67. The summed E-state index contributed by atoms with van der Waals surface area (Å²) in [5.41, 5.74) is 2.40. The third-order valence-corrected chi connectivity index (χ3v) is 5.91. The molecule has 2 aliphatic rings. The topological polar surface area (TPSA) is 70.7 Å². The average Bonchev–Trinajstić information content (AvgIpc) is 3.38. The highest BCUT2D eigenvalue weighted by molar-refractivity contribution is 9.10. The Hall–Kier alpha value is -1.63. The van der Waals surface area contributed by atoms with Gasteiger partial charge in [0.1, 0.15) is 16.4 Å². The molecule has 1 N–H and O–H groups in total. The quantitative estimate of drug-likeness (QED) is 0.862. The lowest BCUT2D eigenvalue weighted by Crippen LogP contribution is -2.44. The SMILES string of the molecule is CC[C@@H]1C[C@H](C(=O)O)CCN1c1ncnn2c(Br)cc(C3CC3)c12. The van der Waals surface area contributed by atoms with Crippen LogP contribution < -0.4 is 4.90 Å². The number of anilines is 1. The van der Waals surface area contributed by atoms with Crippen LogP contribution in [-0.2, 0) is 4.79 Å². The highest BCUT2D eigenvalue weighted by Crippen LogP contribution is 2.46. The average molecular weight is 393 g/mol. The van der Waals surface area contributed by atoms with E-state index in [1.807, 2.05) is 4.52 Å². The van der Waals surface area contributed by atoms with Gasteiger partial charge >= 0.3 is 5.97 Å². The Morgan fingerprint density at radius 2 is 2.21 bits per heavy atom. The Morgan fingerprint density at radius 3 is 2.88 bits per heavy atom. The monoisotopic (exact) mass is 392 g/mol. The number of carbonyl (C=O) groups is 1. The van der Waals surface area contributed by atoms with E-state index in [4.69, 9.17) is 0 Å². The van der Waals surface area contributed by atoms with E-state index in [1.165, 1.54) is 18.4 Å². The molecular formula is C17H21BrN4O2. The predicted molar refractivity (Wildman–Crippen MR) is 94.4 cm³/mol. The van der Waals surface area contributed by atoms with E-state index in [0.29, 0.717) is 18.8 Å². The summed E-state index contributed by atoms with van der Waals surface area (Å²) in [6, 6.07) is 2.37. The van der Waals surface area contributed by atoms with Crippen molar-refractivity contribution in [2.24, 2.45) is 5.92 Å². The van der Waals surface area contributed by atoms with Crippen LogP contribution in [0, 0.1) is 5.92 Å². The maximum Gasteiger partial charge on any atom is 0.306 e. The molecule has 2 aromatic rings. The fourth-order valence-electron chi connectivity index (χ4n) is 3.87. The van der Waals surface area contributed by atoms with Crippen molar-refractivity contribution >= 4 is 33.2 Å². The first kappa shape index (κ1) is 15.9. The van der Waals surface area contributed by atoms with Crippen molar-refractivity contribution in [1.29, 1.82) is 0 Å². The largest absolute Gasteiger partial charge is 0.481 e. The van der Waals surface area contributed by atoms with Crippen molar-refractivity contribution in [3.63, 3.8) is 0 Å². The van der Waals surface area contributed by atoms with Crippen molar-refractivity contribution in [2.45, 2.75) is 51.0 Å². The van der Waals surface area contributed by atoms with Gasteiger partial charge in [0.25, 0.3) is 0 Å². The predicted octanol–water partition coefficient (Wildman–Crippen LogP) is 3.45. The molecule has 7 heteroatoms. The highest BCUT2D eigenvalue weighted by atomic mass is 79.9. The van der Waals surface area contributed by atoms with Gasteiger partial charge in [-0.1, -0.05) is 6.92 Å². The molecule has 0 amide bonds. The van der Waals surface area contributed by atoms with Crippen LogP contribution in [0.25, 0.3) is 5.52 Å². The van der Waals surface area contributed by atoms with Gasteiger partial charge in [0.05, 0.1) is 5.92 Å². The van der Waals surface area contributed by atoms with Gasteiger partial charge in [-0.25, -0.2) is 9.50 Å². The normalized spacial score (nSPS) is 24.5. The number of aromatic nitrogens is 3. The van der Waals surface area contributed by atoms with Gasteiger partial charge in [-0.05, 0) is 65.6 Å². The first-order chi connectivity index (χ1) is 11.6. The highest BCUT2D eigenvalue weighted by Gasteiger charge is 2.35. The Bertz CT molecular complexity index is 786. The van der Waals surface area contributed by atoms with E-state index in [-0.39, 0.29) is 12.0 Å². The summed E-state index contributed by atoms with van der Waals surface area (Å²) < 4.78 is 2.88. The van der Waals surface area contributed by atoms with E-state index >= 15 is 0 Å². The third kappa shape index (κ3) is 2.59. The minimum absolute atomic E-state index is 0.208. The Morgan fingerprint density at radius 1 is 1.42 bits per heavy atom. The van der Waals surface area contributed by atoms with Gasteiger partial charge in [0, 0.05) is 12.6 Å². The first-order valence-corrected chi connectivity index (χ1v) is 9.41. The summed E-state index contributed by atoms with van der Waals surface area (Å²) >= 11 is 3.61. The maximum atomic E-state index is 11.4. The number of hydrogen-bond acceptors (Lipinski definition) is 4. The fourth-order valence-corrected chi connectivity index (χ4v) is 4.39. The molecule has 1 aliphatic carbocycles. The van der Waals surface area contributed by atoms with Gasteiger partial charge in [-0.15, -0.1) is 0 Å². The van der Waals surface area contributed by atoms with Crippen molar-refractivity contribution in [3.8, 4) is 0 Å². The summed E-state index contributed by atoms with van der Waals surface area (Å²) in [7, 11) is 0. The Balaban J connectivity index is 1.77. The molecule has 4 rings (SSSR count). The van der Waals surface area contributed by atoms with Crippen LogP contribution in [-0.4, -0.2) is 38.3 Å². The van der Waals surface area contributed by atoms with Crippen LogP contribution in [0.1, 0.15) is 50.5 Å². The number of halogens is 1. The molecule has 1 saturated heterocycles. The van der Waals surface area contributed by atoms with E-state index in [2.05, 4.69) is 43.9 Å². The summed E-state index contributed by atoms with van der Waals surface area (Å²) in [4.78, 5) is 18.3. The number of carboxylic acids is 1. The van der Waals surface area contributed by atoms with Crippen molar-refractivity contribution in [3.05, 3.63) is 22.6 Å². The van der Waals surface area contributed by atoms with Gasteiger partial charge in [0.15, 0.2) is 5.82 Å². The molecule has 0 bridgehead atoms. The fraction of sp³-hybridized carbons (Fsp3) is 0.588. The lowest BCUT2D eigenvalue weighted by atomic mass is 9.89. The van der Waals surface area contributed by atoms with Crippen molar-refractivity contribution < 1.29 is 9.90 Å². The zero-order chi connectivity index (χ0) is 16.8. The number of hydrogen-bond donors (Lipinski definition) is 1. The molecule has 128 valence electrons. The summed E-state index contributed by atoms with van der Waals surface area (Å²) in [5, 5.41) is 13.8. The van der Waals surface area contributed by atoms with Crippen LogP contribution in [0.2, 0.25) is 0 Å². The maximum absolute atomic E-state index is 11.4. The van der Waals surface area contributed by atoms with E-state index < -0.39 is 5.97 Å². The molecule has 2 aromatic heterocycles. The van der Waals surface area contributed by atoms with Crippen molar-refractivity contribution in [1.82, 2.24) is 14.6 Å². The molecule has 24 heavy (non-hydrogen) atoms. The van der Waals surface area contributed by atoms with E-state index in [1.54, 1.807) is 6.33 Å². The molecule has 0 radical (unpaired) electrons. The zero-order valence-electron chi connectivity index (χ0n) is 13.7. The number of nitrogens with zero attached hydrogens (tertiary/aromatic N) is 4. The Kier molecular flexibility index (Phi) is 3.98. The number of piperidine rings is 1. The van der Waals surface area contributed by atoms with Crippen LogP contribution in [0.15, 0.2) is 17.0 Å². The van der Waals surface area contributed by atoms with Gasteiger partial charge < -0.3 is 10.0 Å². The number of rotatable bonds is 4. The van der Waals surface area contributed by atoms with Gasteiger partial charge in [-0.2, -0.15) is 5.10 Å². The molecule has 1 saturated carbocycles. The van der Waals surface area contributed by atoms with Gasteiger partial charge in [-0.3, -0.25) is 4.79 Å². The smallest absolute Gasteiger partial charge is 0.306 e. The van der Waals surface area contributed by atoms with Crippen LogP contribution in [0.3, 0.4) is 0 Å². The molecule has 2 fully saturated rings. The van der Waals surface area contributed by atoms with Crippen LogP contribution in [0.4, 0.5) is 5.82 Å². The van der Waals surface area contributed by atoms with Crippen molar-refractivity contribution in [2.75, 3.05) is 11.4 Å². The molecule has 0 aromatic carbocycles. The minimum atomic E-state index is -0.676. The molecule has 1 aliphatic heterocycles. The summed E-state index contributed by atoms with van der Waals surface area (Å²) in [5.74, 6) is 0.636. The third-order valence-electron chi connectivity index (χ3n) is 5.35. The first-order valence-electron chi connectivity index (χ1n) is 8.61. The molecule has 2 atom stereocenters. The molecular weight excluding hydrogens is 372 g/mol. The molecule has 0 unspecified atom stereocenters. The number of aliphatic carboxylic acids is 1. The minimum Gasteiger partial charge on any atom is -0.481 e. The number of fused-ring (bicyclic) bond motifs is 1. The standard InChI is InChI=1S/C17H21BrN4O2/c1-2-12-7-11(17(23)24)5-6-21(12)16-15-13(10-3-4-10)8-14(18)22(15)20-9-19-16/h8-12H,2-7H2,1H3,(H,23,24)/t11-,12-/m1/s1. The molecule has 6 nitrogen and oxygen atoms in total. The second kappa shape index (κ2) is 6.02. The molecule has 0 spiro atoms. The summed E-state index contributed by atoms with van der Waals surface area (Å²) in [6.45, 7) is 2.85. The summed E-state index contributed by atoms with van der Waals surface area (Å²) in [6.07, 6.45) is 6.31. The van der Waals surface area contributed by atoms with E-state index in [0.717, 1.165) is 28.9 Å². The van der Waals surface area contributed by atoms with Gasteiger partial charge in [0.2, 0.25) is 0 Å². The lowest BCUT2D eigenvalue weighted by molar-refractivity contribution is -0.142. The van der Waals surface area contributed by atoms with E-state index in [9.17, 15) is 9.90 Å². The zero-order valence-corrected chi connectivity index (χ0v) is 15.2.